The molecule has 0 atom stereocenters. The highest BCUT2D eigenvalue weighted by molar-refractivity contribution is 6.61. The molecule has 0 spiro atoms. The van der Waals surface area contributed by atoms with Gasteiger partial charge in [-0.05, 0) is 18.8 Å². The van der Waals surface area contributed by atoms with E-state index in [1.54, 1.807) is 0 Å². The maximum atomic E-state index is 10.6. The lowest BCUT2D eigenvalue weighted by Crippen LogP contribution is -2.11. The zero-order valence-corrected chi connectivity index (χ0v) is 10.8. The summed E-state index contributed by atoms with van der Waals surface area (Å²) < 4.78 is 4.91. The lowest BCUT2D eigenvalue weighted by atomic mass is 9.96. The van der Waals surface area contributed by atoms with Crippen LogP contribution in [0.1, 0.15) is 64.2 Å². The average molecular weight is 247 g/mol. The molecular weight excluding hydrogens is 224 g/mol. The van der Waals surface area contributed by atoms with Crippen molar-refractivity contribution in [3.63, 3.8) is 0 Å². The van der Waals surface area contributed by atoms with Crippen LogP contribution < -0.4 is 0 Å². The van der Waals surface area contributed by atoms with Gasteiger partial charge in [0.2, 0.25) is 0 Å². The molecule has 0 unspecified atom stereocenters. The highest BCUT2D eigenvalue weighted by atomic mass is 35.5. The van der Waals surface area contributed by atoms with Crippen molar-refractivity contribution in [2.45, 2.75) is 64.2 Å². The Kier molecular flexibility index (Phi) is 7.65. The Morgan fingerprint density at radius 2 is 1.38 bits per heavy atom. The largest absolute Gasteiger partial charge is 0.453 e. The zero-order chi connectivity index (χ0) is 11.6. The van der Waals surface area contributed by atoms with Gasteiger partial charge < -0.3 is 4.74 Å². The molecule has 0 aliphatic heterocycles. The van der Waals surface area contributed by atoms with Gasteiger partial charge in [0.1, 0.15) is 0 Å². The number of carbonyl (C=O) groups is 1. The lowest BCUT2D eigenvalue weighted by Gasteiger charge is -2.15. The predicted octanol–water partition coefficient (Wildman–Crippen LogP) is 4.89. The summed E-state index contributed by atoms with van der Waals surface area (Å²) in [5, 5.41) is 0. The van der Waals surface area contributed by atoms with Crippen LogP contribution in [-0.4, -0.2) is 12.0 Å². The Labute approximate surface area is 104 Å². The van der Waals surface area contributed by atoms with E-state index in [4.69, 9.17) is 16.3 Å². The highest BCUT2D eigenvalue weighted by Gasteiger charge is 2.11. The third-order valence-electron chi connectivity index (χ3n) is 3.41. The van der Waals surface area contributed by atoms with Crippen LogP contribution in [0.2, 0.25) is 0 Å². The number of ether oxygens (including phenoxy) is 1. The van der Waals surface area contributed by atoms with Gasteiger partial charge in [-0.1, -0.05) is 51.4 Å². The van der Waals surface area contributed by atoms with Crippen LogP contribution in [-0.2, 0) is 4.74 Å². The molecule has 1 fully saturated rings. The van der Waals surface area contributed by atoms with Gasteiger partial charge in [0.15, 0.2) is 0 Å². The summed E-state index contributed by atoms with van der Waals surface area (Å²) >= 11 is 5.19. The third kappa shape index (κ3) is 7.10. The van der Waals surface area contributed by atoms with Gasteiger partial charge in [0.25, 0.3) is 0 Å². The predicted molar refractivity (Wildman–Crippen MR) is 66.9 cm³/mol. The van der Waals surface area contributed by atoms with E-state index in [1.165, 1.54) is 64.2 Å². The molecule has 1 saturated carbocycles. The maximum absolute atomic E-state index is 10.6. The smallest absolute Gasteiger partial charge is 0.403 e. The lowest BCUT2D eigenvalue weighted by molar-refractivity contribution is 0.144. The van der Waals surface area contributed by atoms with Gasteiger partial charge in [-0.25, -0.2) is 4.79 Å². The van der Waals surface area contributed by atoms with E-state index in [9.17, 15) is 4.79 Å². The molecule has 1 aliphatic carbocycles. The van der Waals surface area contributed by atoms with E-state index < -0.39 is 5.43 Å². The first-order chi connectivity index (χ1) is 7.79. The first kappa shape index (κ1) is 13.8. The summed E-state index contributed by atoms with van der Waals surface area (Å²) in [4.78, 5) is 10.6. The van der Waals surface area contributed by atoms with E-state index >= 15 is 0 Å². The SMILES string of the molecule is O=C(Cl)OCC1CCCCCCCCCC1. The maximum Gasteiger partial charge on any atom is 0.403 e. The van der Waals surface area contributed by atoms with E-state index in [0.29, 0.717) is 12.5 Å². The molecule has 1 rings (SSSR count). The molecule has 0 bridgehead atoms. The second-order valence-corrected chi connectivity index (χ2v) is 5.13. The molecular formula is C13H23ClO2. The van der Waals surface area contributed by atoms with Gasteiger partial charge in [-0.3, -0.25) is 0 Å². The molecule has 3 heteroatoms. The van der Waals surface area contributed by atoms with Crippen LogP contribution in [0.25, 0.3) is 0 Å². The van der Waals surface area contributed by atoms with Gasteiger partial charge in [-0.2, -0.15) is 0 Å². The second-order valence-electron chi connectivity index (χ2n) is 4.82. The Morgan fingerprint density at radius 1 is 0.938 bits per heavy atom. The molecule has 0 amide bonds. The molecule has 2 nitrogen and oxygen atoms in total. The number of carbonyl (C=O) groups excluding carboxylic acids is 1. The first-order valence-electron chi connectivity index (χ1n) is 6.61. The molecule has 0 aromatic rings. The minimum absolute atomic E-state index is 0.516. The van der Waals surface area contributed by atoms with E-state index in [2.05, 4.69) is 0 Å². The molecule has 0 aromatic carbocycles. The van der Waals surface area contributed by atoms with Gasteiger partial charge in [0, 0.05) is 11.6 Å². The Morgan fingerprint density at radius 3 is 1.81 bits per heavy atom. The molecule has 0 N–H and O–H groups in total. The quantitative estimate of drug-likeness (QED) is 0.649. The van der Waals surface area contributed by atoms with Crippen LogP contribution >= 0.6 is 11.6 Å². The van der Waals surface area contributed by atoms with Crippen molar-refractivity contribution in [2.75, 3.05) is 6.61 Å². The fourth-order valence-electron chi connectivity index (χ4n) is 2.42. The summed E-state index contributed by atoms with van der Waals surface area (Å²) in [6.07, 6.45) is 13.1. The first-order valence-corrected chi connectivity index (χ1v) is 6.99. The zero-order valence-electron chi connectivity index (χ0n) is 10.0. The summed E-state index contributed by atoms with van der Waals surface area (Å²) in [5.41, 5.74) is -0.658. The molecule has 94 valence electrons. The van der Waals surface area contributed by atoms with E-state index in [0.717, 1.165) is 0 Å². The molecule has 0 aromatic heterocycles. The van der Waals surface area contributed by atoms with Gasteiger partial charge in [0.05, 0.1) is 6.61 Å². The number of hydrogen-bond donors (Lipinski definition) is 0. The number of hydrogen-bond acceptors (Lipinski definition) is 2. The fourth-order valence-corrected chi connectivity index (χ4v) is 2.48. The van der Waals surface area contributed by atoms with Crippen LogP contribution in [0.5, 0.6) is 0 Å². The van der Waals surface area contributed by atoms with Crippen molar-refractivity contribution in [2.24, 2.45) is 5.92 Å². The third-order valence-corrected chi connectivity index (χ3v) is 3.52. The standard InChI is InChI=1S/C13H23ClO2/c14-13(15)16-11-12-9-7-5-3-1-2-4-6-8-10-12/h12H,1-11H2. The second kappa shape index (κ2) is 8.86. The summed E-state index contributed by atoms with van der Waals surface area (Å²) in [6.45, 7) is 0.516. The molecule has 0 radical (unpaired) electrons. The monoisotopic (exact) mass is 246 g/mol. The van der Waals surface area contributed by atoms with Crippen molar-refractivity contribution in [1.82, 2.24) is 0 Å². The van der Waals surface area contributed by atoms with Crippen LogP contribution in [0, 0.1) is 5.92 Å². The van der Waals surface area contributed by atoms with Crippen LogP contribution in [0.3, 0.4) is 0 Å². The average Bonchev–Trinajstić information content (AvgIpc) is 2.31. The molecule has 16 heavy (non-hydrogen) atoms. The Bertz CT molecular complexity index is 182. The number of halogens is 1. The van der Waals surface area contributed by atoms with Crippen molar-refractivity contribution < 1.29 is 9.53 Å². The summed E-state index contributed by atoms with van der Waals surface area (Å²) in [5.74, 6) is 0.529. The summed E-state index contributed by atoms with van der Waals surface area (Å²) in [7, 11) is 0. The van der Waals surface area contributed by atoms with Gasteiger partial charge >= 0.3 is 5.43 Å². The van der Waals surface area contributed by atoms with Crippen LogP contribution in [0.4, 0.5) is 4.79 Å². The van der Waals surface area contributed by atoms with E-state index in [-0.39, 0.29) is 0 Å². The van der Waals surface area contributed by atoms with Crippen molar-refractivity contribution in [3.05, 3.63) is 0 Å². The number of rotatable bonds is 2. The summed E-state index contributed by atoms with van der Waals surface area (Å²) in [6, 6.07) is 0. The van der Waals surface area contributed by atoms with Gasteiger partial charge in [-0.15, -0.1) is 0 Å². The topological polar surface area (TPSA) is 26.3 Å². The highest BCUT2D eigenvalue weighted by Crippen LogP contribution is 2.21. The Balaban J connectivity index is 2.24. The molecule has 1 aliphatic rings. The minimum atomic E-state index is -0.658. The molecule has 0 heterocycles. The van der Waals surface area contributed by atoms with Crippen molar-refractivity contribution in [3.8, 4) is 0 Å². The molecule has 0 saturated heterocycles. The normalized spacial score (nSPS) is 21.1. The fraction of sp³-hybridized carbons (Fsp3) is 0.923. The minimum Gasteiger partial charge on any atom is -0.453 e. The van der Waals surface area contributed by atoms with Crippen LogP contribution in [0.15, 0.2) is 0 Å². The Hall–Kier alpha value is -0.240. The van der Waals surface area contributed by atoms with Crippen molar-refractivity contribution >= 4 is 17.0 Å². The van der Waals surface area contributed by atoms with Crippen molar-refractivity contribution in [1.29, 1.82) is 0 Å². The van der Waals surface area contributed by atoms with E-state index in [1.807, 2.05) is 0 Å².